The Kier molecular flexibility index (Phi) is 5.57. The van der Waals surface area contributed by atoms with Crippen molar-refractivity contribution in [1.29, 1.82) is 0 Å². The van der Waals surface area contributed by atoms with Gasteiger partial charge in [-0.3, -0.25) is 0 Å². The van der Waals surface area contributed by atoms with Crippen LogP contribution >= 0.6 is 0 Å². The van der Waals surface area contributed by atoms with E-state index in [-0.39, 0.29) is 5.92 Å². The first kappa shape index (κ1) is 16.2. The Morgan fingerprint density at radius 1 is 1.26 bits per heavy atom. The van der Waals surface area contributed by atoms with Gasteiger partial charge in [0.25, 0.3) is 0 Å². The molecular formula is C17H28OSi. The number of benzene rings is 1. The van der Waals surface area contributed by atoms with Crippen LogP contribution in [0.15, 0.2) is 42.1 Å². The summed E-state index contributed by atoms with van der Waals surface area (Å²) in [6.45, 7) is 10.8. The molecule has 2 atom stereocenters. The second-order valence-corrected chi connectivity index (χ2v) is 11.2. The van der Waals surface area contributed by atoms with E-state index in [4.69, 9.17) is 0 Å². The van der Waals surface area contributed by atoms with Gasteiger partial charge in [0.1, 0.15) is 0 Å². The Morgan fingerprint density at radius 3 is 2.37 bits per heavy atom. The Hall–Kier alpha value is -0.863. The zero-order valence-corrected chi connectivity index (χ0v) is 14.0. The summed E-state index contributed by atoms with van der Waals surface area (Å²) in [4.78, 5) is 0. The highest BCUT2D eigenvalue weighted by Crippen LogP contribution is 2.23. The van der Waals surface area contributed by atoms with E-state index in [1.165, 1.54) is 5.56 Å². The summed E-state index contributed by atoms with van der Waals surface area (Å²) in [6, 6.07) is 11.8. The molecule has 0 saturated carbocycles. The molecule has 1 aromatic carbocycles. The van der Waals surface area contributed by atoms with Gasteiger partial charge in [0.05, 0.1) is 13.7 Å². The predicted molar refractivity (Wildman–Crippen MR) is 86.8 cm³/mol. The molecular weight excluding hydrogens is 248 g/mol. The Labute approximate surface area is 119 Å². The predicted octanol–water partition coefficient (Wildman–Crippen LogP) is 4.37. The van der Waals surface area contributed by atoms with Crippen molar-refractivity contribution in [2.24, 2.45) is 5.92 Å². The van der Waals surface area contributed by atoms with Crippen molar-refractivity contribution in [3.05, 3.63) is 47.7 Å². The molecule has 1 nitrogen and oxygen atoms in total. The normalized spacial score (nSPS) is 17.4. The van der Waals surface area contributed by atoms with E-state index in [9.17, 15) is 5.11 Å². The molecule has 0 aliphatic rings. The summed E-state index contributed by atoms with van der Waals surface area (Å²) in [5.74, 6) is 0.208. The summed E-state index contributed by atoms with van der Waals surface area (Å²) in [6.07, 6.45) is 3.01. The molecule has 1 rings (SSSR count). The number of aliphatic hydroxyl groups is 1. The van der Waals surface area contributed by atoms with Gasteiger partial charge in [-0.15, -0.1) is 0 Å². The zero-order chi connectivity index (χ0) is 14.5. The highest BCUT2D eigenvalue weighted by atomic mass is 28.3. The van der Waals surface area contributed by atoms with Crippen molar-refractivity contribution in [3.63, 3.8) is 0 Å². The number of hydrogen-bond donors (Lipinski definition) is 1. The second-order valence-electron chi connectivity index (χ2n) is 6.51. The summed E-state index contributed by atoms with van der Waals surface area (Å²) in [5, 5.41) is 10.2. The fourth-order valence-corrected chi connectivity index (χ4v) is 4.33. The lowest BCUT2D eigenvalue weighted by Gasteiger charge is -2.28. The van der Waals surface area contributed by atoms with Crippen molar-refractivity contribution < 1.29 is 5.11 Å². The lowest BCUT2D eigenvalue weighted by atomic mass is 9.89. The smallest absolute Gasteiger partial charge is 0.0756 e. The molecule has 0 aromatic heterocycles. The minimum atomic E-state index is -1.39. The maximum absolute atomic E-state index is 10.2. The topological polar surface area (TPSA) is 20.2 Å². The molecule has 0 aliphatic heterocycles. The molecule has 1 N–H and O–H groups in total. The van der Waals surface area contributed by atoms with Crippen LogP contribution in [-0.2, 0) is 6.04 Å². The van der Waals surface area contributed by atoms with E-state index < -0.39 is 13.7 Å². The van der Waals surface area contributed by atoms with Gasteiger partial charge in [0.2, 0.25) is 0 Å². The number of hydrogen-bond acceptors (Lipinski definition) is 1. The van der Waals surface area contributed by atoms with Gasteiger partial charge in [0.15, 0.2) is 0 Å². The monoisotopic (exact) mass is 276 g/mol. The molecule has 0 saturated heterocycles. The van der Waals surface area contributed by atoms with E-state index in [1.807, 2.05) is 13.8 Å². The van der Waals surface area contributed by atoms with Gasteiger partial charge < -0.3 is 5.11 Å². The molecule has 0 radical (unpaired) electrons. The van der Waals surface area contributed by atoms with Crippen LogP contribution < -0.4 is 0 Å². The van der Waals surface area contributed by atoms with Crippen LogP contribution in [0.25, 0.3) is 0 Å². The molecule has 0 spiro atoms. The van der Waals surface area contributed by atoms with Crippen LogP contribution in [0, 0.1) is 5.92 Å². The molecule has 0 amide bonds. The van der Waals surface area contributed by atoms with Crippen LogP contribution in [0.2, 0.25) is 13.1 Å². The van der Waals surface area contributed by atoms with Crippen LogP contribution in [0.5, 0.6) is 0 Å². The van der Waals surface area contributed by atoms with Gasteiger partial charge in [-0.25, -0.2) is 0 Å². The molecule has 0 heterocycles. The molecule has 0 fully saturated rings. The van der Waals surface area contributed by atoms with E-state index in [0.29, 0.717) is 0 Å². The van der Waals surface area contributed by atoms with Gasteiger partial charge >= 0.3 is 0 Å². The maximum Gasteiger partial charge on any atom is 0.0756 e. The molecule has 0 bridgehead atoms. The summed E-state index contributed by atoms with van der Waals surface area (Å²) < 4.78 is 0. The highest BCUT2D eigenvalue weighted by Gasteiger charge is 2.25. The minimum absolute atomic E-state index is 0.208. The van der Waals surface area contributed by atoms with Crippen LogP contribution in [0.4, 0.5) is 0 Å². The minimum Gasteiger partial charge on any atom is -0.390 e. The first-order valence-electron chi connectivity index (χ1n) is 7.22. The molecule has 2 heteroatoms. The first-order valence-corrected chi connectivity index (χ1v) is 10.5. The molecule has 106 valence electrons. The fourth-order valence-electron chi connectivity index (χ4n) is 2.11. The largest absolute Gasteiger partial charge is 0.390 e. The Bertz CT molecular complexity index is 407. The third kappa shape index (κ3) is 5.33. The van der Waals surface area contributed by atoms with Crippen molar-refractivity contribution in [3.8, 4) is 0 Å². The van der Waals surface area contributed by atoms with Crippen LogP contribution in [0.3, 0.4) is 0 Å². The lowest BCUT2D eigenvalue weighted by Crippen LogP contribution is -2.32. The van der Waals surface area contributed by atoms with Crippen molar-refractivity contribution >= 4 is 8.07 Å². The lowest BCUT2D eigenvalue weighted by molar-refractivity contribution is 0.0209. The van der Waals surface area contributed by atoms with Crippen molar-refractivity contribution in [1.82, 2.24) is 0 Å². The third-order valence-corrected chi connectivity index (χ3v) is 6.45. The fraction of sp³-hybridized carbons (Fsp3) is 0.529. The number of rotatable bonds is 6. The van der Waals surface area contributed by atoms with E-state index in [0.717, 1.165) is 12.5 Å². The maximum atomic E-state index is 10.2. The Balaban J connectivity index is 2.69. The van der Waals surface area contributed by atoms with Gasteiger partial charge in [-0.1, -0.05) is 74.6 Å². The van der Waals surface area contributed by atoms with Crippen molar-refractivity contribution in [2.45, 2.75) is 51.9 Å². The molecule has 19 heavy (non-hydrogen) atoms. The van der Waals surface area contributed by atoms with Crippen LogP contribution in [0.1, 0.15) is 32.8 Å². The molecule has 0 aliphatic carbocycles. The third-order valence-electron chi connectivity index (χ3n) is 4.04. The standard InChI is InChI=1S/C17H28OSi/c1-6-17(3,18)15(2)12-13-19(4,5)14-16-10-8-7-9-11-16/h7-13,15,18H,6,14H2,1-5H3/b13-12+/t15?,17-/m1/s1. The van der Waals surface area contributed by atoms with E-state index in [2.05, 4.69) is 62.1 Å². The van der Waals surface area contributed by atoms with Gasteiger partial charge in [0, 0.05) is 5.92 Å². The molecule has 1 aromatic rings. The average Bonchev–Trinajstić information content (AvgIpc) is 2.36. The average molecular weight is 276 g/mol. The Morgan fingerprint density at radius 2 is 1.84 bits per heavy atom. The highest BCUT2D eigenvalue weighted by molar-refractivity contribution is 6.81. The van der Waals surface area contributed by atoms with Crippen molar-refractivity contribution in [2.75, 3.05) is 0 Å². The van der Waals surface area contributed by atoms with Crippen LogP contribution in [-0.4, -0.2) is 18.8 Å². The molecule has 1 unspecified atom stereocenters. The van der Waals surface area contributed by atoms with E-state index >= 15 is 0 Å². The van der Waals surface area contributed by atoms with Gasteiger partial charge in [-0.05, 0) is 19.4 Å². The SMILES string of the molecule is CC[C@@](C)(O)C(C)/C=C/[Si](C)(C)Cc1ccccc1. The summed E-state index contributed by atoms with van der Waals surface area (Å²) >= 11 is 0. The quantitative estimate of drug-likeness (QED) is 0.765. The summed E-state index contributed by atoms with van der Waals surface area (Å²) in [5.41, 5.74) is 3.21. The zero-order valence-electron chi connectivity index (χ0n) is 13.0. The second kappa shape index (κ2) is 6.53. The summed E-state index contributed by atoms with van der Waals surface area (Å²) in [7, 11) is -1.39. The van der Waals surface area contributed by atoms with E-state index in [1.54, 1.807) is 0 Å². The van der Waals surface area contributed by atoms with Gasteiger partial charge in [-0.2, -0.15) is 0 Å². The first-order chi connectivity index (χ1) is 8.77.